The van der Waals surface area contributed by atoms with Gasteiger partial charge in [-0.05, 0) is 12.1 Å². The van der Waals surface area contributed by atoms with E-state index in [1.54, 1.807) is 13.3 Å². The minimum absolute atomic E-state index is 0.569. The average molecular weight is 359 g/mol. The number of methoxy groups -OCH3 is 1. The zero-order valence-corrected chi connectivity index (χ0v) is 15.3. The predicted molar refractivity (Wildman–Crippen MR) is 108 cm³/mol. The van der Waals surface area contributed by atoms with Gasteiger partial charge in [-0.1, -0.05) is 72.8 Å². The van der Waals surface area contributed by atoms with Gasteiger partial charge in [0.2, 0.25) is 0 Å². The van der Waals surface area contributed by atoms with Crippen molar-refractivity contribution in [2.75, 3.05) is 7.11 Å². The van der Waals surface area contributed by atoms with Gasteiger partial charge in [0.15, 0.2) is 12.9 Å². The summed E-state index contributed by atoms with van der Waals surface area (Å²) >= 11 is 0. The highest BCUT2D eigenvalue weighted by atomic mass is 31.2. The van der Waals surface area contributed by atoms with Crippen LogP contribution in [0.15, 0.2) is 91.1 Å². The van der Waals surface area contributed by atoms with Gasteiger partial charge in [-0.3, -0.25) is 4.98 Å². The Morgan fingerprint density at radius 2 is 1.38 bits per heavy atom. The Bertz CT molecular complexity index is 1050. The molecule has 0 atom stereocenters. The third-order valence-electron chi connectivity index (χ3n) is 4.49. The number of fused-ring (bicyclic) bond motifs is 1. The Morgan fingerprint density at radius 1 is 0.769 bits per heavy atom. The fraction of sp³-hybridized carbons (Fsp3) is 0.0455. The van der Waals surface area contributed by atoms with Crippen molar-refractivity contribution < 1.29 is 9.30 Å². The molecule has 4 heteroatoms. The van der Waals surface area contributed by atoms with Crippen LogP contribution in [0.5, 0.6) is 5.75 Å². The highest BCUT2D eigenvalue weighted by Crippen LogP contribution is 2.46. The lowest BCUT2D eigenvalue weighted by Crippen LogP contribution is -2.26. The molecule has 0 spiro atoms. The average Bonchev–Trinajstić information content (AvgIpc) is 2.73. The Hall–Kier alpha value is -2.90. The summed E-state index contributed by atoms with van der Waals surface area (Å²) < 4.78 is 20.2. The largest absolute Gasteiger partial charge is 0.494 e. The second-order valence-electron chi connectivity index (χ2n) is 5.97. The second-order valence-corrected chi connectivity index (χ2v) is 8.71. The van der Waals surface area contributed by atoms with Crippen LogP contribution < -0.4 is 20.7 Å². The van der Waals surface area contributed by atoms with E-state index in [0.717, 1.165) is 21.5 Å². The summed E-state index contributed by atoms with van der Waals surface area (Å²) in [5, 5.41) is 3.18. The van der Waals surface area contributed by atoms with E-state index in [0.29, 0.717) is 11.1 Å². The summed E-state index contributed by atoms with van der Waals surface area (Å²) in [6.45, 7) is 0. The summed E-state index contributed by atoms with van der Waals surface area (Å²) in [6, 6.07) is 26.9. The molecule has 0 aliphatic heterocycles. The molecule has 0 unspecified atom stereocenters. The van der Waals surface area contributed by atoms with Crippen LogP contribution >= 0.6 is 7.14 Å². The molecule has 26 heavy (non-hydrogen) atoms. The smallest absolute Gasteiger partial charge is 0.174 e. The first-order chi connectivity index (χ1) is 12.7. The maximum absolute atomic E-state index is 14.5. The fourth-order valence-corrected chi connectivity index (χ4v) is 6.07. The van der Waals surface area contributed by atoms with Gasteiger partial charge in [-0.25, -0.2) is 0 Å². The van der Waals surface area contributed by atoms with Crippen LogP contribution in [0.25, 0.3) is 10.9 Å². The molecule has 0 saturated carbocycles. The Balaban J connectivity index is 2.09. The number of aromatic nitrogens is 1. The summed E-state index contributed by atoms with van der Waals surface area (Å²) in [4.78, 5) is 4.47. The molecule has 1 aromatic heterocycles. The molecule has 0 aliphatic rings. The fourth-order valence-electron chi connectivity index (χ4n) is 3.26. The quantitative estimate of drug-likeness (QED) is 0.519. The van der Waals surface area contributed by atoms with Crippen molar-refractivity contribution in [2.45, 2.75) is 0 Å². The highest BCUT2D eigenvalue weighted by molar-refractivity contribution is 7.85. The van der Waals surface area contributed by atoms with Gasteiger partial charge in [-0.2, -0.15) is 0 Å². The second kappa shape index (κ2) is 6.78. The Morgan fingerprint density at radius 3 is 1.96 bits per heavy atom. The van der Waals surface area contributed by atoms with E-state index in [1.165, 1.54) is 0 Å². The normalized spacial score (nSPS) is 11.4. The van der Waals surface area contributed by atoms with E-state index < -0.39 is 7.14 Å². The van der Waals surface area contributed by atoms with Gasteiger partial charge in [0.05, 0.1) is 12.4 Å². The minimum atomic E-state index is -3.10. The first kappa shape index (κ1) is 16.6. The molecule has 4 rings (SSSR count). The number of hydrogen-bond donors (Lipinski definition) is 0. The SMILES string of the molecule is COc1c(P(=O)(c2ccccc2)c2ccccc2)ccc2cccnc12. The van der Waals surface area contributed by atoms with E-state index in [-0.39, 0.29) is 0 Å². The van der Waals surface area contributed by atoms with Crippen LogP contribution in [0.1, 0.15) is 0 Å². The molecule has 0 aliphatic carbocycles. The van der Waals surface area contributed by atoms with Gasteiger partial charge in [0.1, 0.15) is 5.52 Å². The van der Waals surface area contributed by atoms with Crippen LogP contribution in [0.4, 0.5) is 0 Å². The maximum Gasteiger partial charge on any atom is 0.174 e. The van der Waals surface area contributed by atoms with Crippen molar-refractivity contribution in [1.29, 1.82) is 0 Å². The van der Waals surface area contributed by atoms with Gasteiger partial charge < -0.3 is 9.30 Å². The zero-order chi connectivity index (χ0) is 18.0. The molecule has 4 aromatic rings. The van der Waals surface area contributed by atoms with Crippen molar-refractivity contribution >= 4 is 34.0 Å². The molecular weight excluding hydrogens is 341 g/mol. The zero-order valence-electron chi connectivity index (χ0n) is 14.4. The first-order valence-corrected chi connectivity index (χ1v) is 10.1. The summed E-state index contributed by atoms with van der Waals surface area (Å²) in [5.74, 6) is 0.569. The van der Waals surface area contributed by atoms with Crippen LogP contribution in [-0.2, 0) is 4.57 Å². The molecule has 0 saturated heterocycles. The molecule has 0 bridgehead atoms. The summed E-state index contributed by atoms with van der Waals surface area (Å²) in [5.41, 5.74) is 0.722. The van der Waals surface area contributed by atoms with E-state index in [1.807, 2.05) is 84.9 Å². The van der Waals surface area contributed by atoms with E-state index >= 15 is 0 Å². The number of benzene rings is 3. The molecule has 3 aromatic carbocycles. The number of pyridine rings is 1. The predicted octanol–water partition coefficient (Wildman–Crippen LogP) is 3.88. The minimum Gasteiger partial charge on any atom is -0.494 e. The third kappa shape index (κ3) is 2.61. The summed E-state index contributed by atoms with van der Waals surface area (Å²) in [6.07, 6.45) is 1.73. The van der Waals surface area contributed by atoms with Gasteiger partial charge in [-0.15, -0.1) is 0 Å². The maximum atomic E-state index is 14.5. The number of nitrogens with zero attached hydrogens (tertiary/aromatic N) is 1. The van der Waals surface area contributed by atoms with Crippen molar-refractivity contribution in [2.24, 2.45) is 0 Å². The van der Waals surface area contributed by atoms with Gasteiger partial charge in [0.25, 0.3) is 0 Å². The van der Waals surface area contributed by atoms with Gasteiger partial charge in [0, 0.05) is 22.2 Å². The summed E-state index contributed by atoms with van der Waals surface area (Å²) in [7, 11) is -1.50. The molecule has 0 N–H and O–H groups in total. The monoisotopic (exact) mass is 359 g/mol. The van der Waals surface area contributed by atoms with Crippen molar-refractivity contribution in [3.63, 3.8) is 0 Å². The molecule has 3 nitrogen and oxygen atoms in total. The molecule has 0 amide bonds. The van der Waals surface area contributed by atoms with E-state index in [9.17, 15) is 4.57 Å². The molecular formula is C22H18NO2P. The molecule has 128 valence electrons. The molecule has 0 fully saturated rings. The lowest BCUT2D eigenvalue weighted by molar-refractivity contribution is 0.422. The topological polar surface area (TPSA) is 39.2 Å². The number of ether oxygens (including phenoxy) is 1. The lowest BCUT2D eigenvalue weighted by Gasteiger charge is -2.22. The number of rotatable bonds is 4. The number of hydrogen-bond acceptors (Lipinski definition) is 3. The van der Waals surface area contributed by atoms with Crippen LogP contribution in [0.3, 0.4) is 0 Å². The highest BCUT2D eigenvalue weighted by Gasteiger charge is 2.33. The van der Waals surface area contributed by atoms with Crippen molar-refractivity contribution in [1.82, 2.24) is 4.98 Å². The van der Waals surface area contributed by atoms with Crippen molar-refractivity contribution in [3.05, 3.63) is 91.1 Å². The molecule has 0 radical (unpaired) electrons. The standard InChI is InChI=1S/C22H18NO2P/c1-25-22-20(15-14-17-9-8-16-23-21(17)22)26(24,18-10-4-2-5-11-18)19-12-6-3-7-13-19/h2-16H,1H3. The van der Waals surface area contributed by atoms with E-state index in [4.69, 9.17) is 4.74 Å². The molecule has 1 heterocycles. The van der Waals surface area contributed by atoms with Crippen LogP contribution in [0, 0.1) is 0 Å². The third-order valence-corrected chi connectivity index (χ3v) is 7.57. The Labute approximate surface area is 152 Å². The van der Waals surface area contributed by atoms with Gasteiger partial charge >= 0.3 is 0 Å². The van der Waals surface area contributed by atoms with Crippen LogP contribution in [-0.4, -0.2) is 12.1 Å². The van der Waals surface area contributed by atoms with Crippen LogP contribution in [0.2, 0.25) is 0 Å². The lowest BCUT2D eigenvalue weighted by atomic mass is 10.2. The Kier molecular flexibility index (Phi) is 4.32. The first-order valence-electron chi connectivity index (χ1n) is 8.38. The van der Waals surface area contributed by atoms with Crippen molar-refractivity contribution in [3.8, 4) is 5.75 Å². The van der Waals surface area contributed by atoms with E-state index in [2.05, 4.69) is 4.98 Å².